The molecule has 3 rings (SSSR count). The lowest BCUT2D eigenvalue weighted by Gasteiger charge is -2.33. The number of aromatic nitrogens is 2. The summed E-state index contributed by atoms with van der Waals surface area (Å²) < 4.78 is 0. The minimum absolute atomic E-state index is 0.644. The van der Waals surface area contributed by atoms with Gasteiger partial charge in [-0.1, -0.05) is 30.3 Å². The second-order valence-electron chi connectivity index (χ2n) is 5.91. The summed E-state index contributed by atoms with van der Waals surface area (Å²) in [5.74, 6) is 1.57. The molecule has 0 saturated carbocycles. The van der Waals surface area contributed by atoms with Crippen molar-refractivity contribution in [3.63, 3.8) is 0 Å². The van der Waals surface area contributed by atoms with Crippen molar-refractivity contribution < 1.29 is 0 Å². The molecular formula is C17H24N6. The van der Waals surface area contributed by atoms with Crippen LogP contribution < -0.4 is 16.0 Å². The number of rotatable bonds is 5. The van der Waals surface area contributed by atoms with Crippen molar-refractivity contribution in [3.8, 4) is 0 Å². The van der Waals surface area contributed by atoms with E-state index in [1.165, 1.54) is 5.56 Å². The molecule has 6 nitrogen and oxygen atoms in total. The molecule has 1 aromatic heterocycles. The van der Waals surface area contributed by atoms with Crippen LogP contribution in [0, 0.1) is 0 Å². The van der Waals surface area contributed by atoms with Crippen LogP contribution in [0.1, 0.15) is 5.56 Å². The van der Waals surface area contributed by atoms with E-state index in [0.717, 1.165) is 50.8 Å². The zero-order valence-corrected chi connectivity index (χ0v) is 13.6. The lowest BCUT2D eigenvalue weighted by molar-refractivity contribution is 0.312. The van der Waals surface area contributed by atoms with Crippen molar-refractivity contribution in [2.75, 3.05) is 55.7 Å². The number of nitrogens with zero attached hydrogens (tertiary/aromatic N) is 4. The third kappa shape index (κ3) is 3.90. The third-order valence-electron chi connectivity index (χ3n) is 4.21. The average Bonchev–Trinajstić information content (AvgIpc) is 2.58. The van der Waals surface area contributed by atoms with Crippen LogP contribution in [0.5, 0.6) is 0 Å². The molecule has 1 saturated heterocycles. The van der Waals surface area contributed by atoms with Crippen LogP contribution in [0.15, 0.2) is 36.7 Å². The van der Waals surface area contributed by atoms with Crippen LogP contribution in [-0.4, -0.2) is 54.6 Å². The highest BCUT2D eigenvalue weighted by Gasteiger charge is 2.19. The van der Waals surface area contributed by atoms with Gasteiger partial charge in [0, 0.05) is 32.7 Å². The second kappa shape index (κ2) is 7.28. The molecule has 0 atom stereocenters. The Bertz CT molecular complexity index is 622. The zero-order valence-electron chi connectivity index (χ0n) is 13.6. The van der Waals surface area contributed by atoms with E-state index in [0.29, 0.717) is 5.69 Å². The molecule has 0 aliphatic carbocycles. The highest BCUT2D eigenvalue weighted by atomic mass is 15.3. The number of piperazine rings is 1. The van der Waals surface area contributed by atoms with E-state index in [4.69, 9.17) is 5.73 Å². The Morgan fingerprint density at radius 3 is 2.57 bits per heavy atom. The van der Waals surface area contributed by atoms with Crippen LogP contribution in [-0.2, 0) is 6.42 Å². The van der Waals surface area contributed by atoms with E-state index >= 15 is 0 Å². The first-order chi connectivity index (χ1) is 11.2. The molecule has 0 bridgehead atoms. The summed E-state index contributed by atoms with van der Waals surface area (Å²) in [6, 6.07) is 10.4. The fraction of sp³-hybridized carbons (Fsp3) is 0.412. The Hall–Kier alpha value is -2.34. The number of nitrogens with two attached hydrogens (primary N) is 1. The molecule has 23 heavy (non-hydrogen) atoms. The first-order valence-corrected chi connectivity index (χ1v) is 8.06. The van der Waals surface area contributed by atoms with E-state index in [-0.39, 0.29) is 0 Å². The van der Waals surface area contributed by atoms with Gasteiger partial charge in [-0.15, -0.1) is 0 Å². The van der Waals surface area contributed by atoms with E-state index in [1.807, 2.05) is 6.07 Å². The average molecular weight is 312 g/mol. The molecule has 1 aliphatic heterocycles. The predicted octanol–water partition coefficient (Wildman–Crippen LogP) is 1.47. The molecule has 1 aromatic carbocycles. The van der Waals surface area contributed by atoms with Gasteiger partial charge in [0.05, 0.1) is 0 Å². The molecule has 1 aliphatic rings. The number of benzene rings is 1. The summed E-state index contributed by atoms with van der Waals surface area (Å²) in [7, 11) is 2.14. The highest BCUT2D eigenvalue weighted by Crippen LogP contribution is 2.26. The SMILES string of the molecule is CN1CCN(c2ncnc(NCCc3ccccc3)c2N)CC1. The smallest absolute Gasteiger partial charge is 0.157 e. The van der Waals surface area contributed by atoms with E-state index in [9.17, 15) is 0 Å². The zero-order chi connectivity index (χ0) is 16.1. The van der Waals surface area contributed by atoms with Crippen molar-refractivity contribution in [3.05, 3.63) is 42.2 Å². The minimum atomic E-state index is 0.644. The van der Waals surface area contributed by atoms with Gasteiger partial charge in [0.25, 0.3) is 0 Å². The Labute approximate surface area is 137 Å². The lowest BCUT2D eigenvalue weighted by Crippen LogP contribution is -2.45. The highest BCUT2D eigenvalue weighted by molar-refractivity contribution is 5.75. The fourth-order valence-electron chi connectivity index (χ4n) is 2.77. The van der Waals surface area contributed by atoms with Gasteiger partial charge in [0.1, 0.15) is 12.0 Å². The number of hydrogen-bond donors (Lipinski definition) is 2. The summed E-state index contributed by atoms with van der Waals surface area (Å²) in [4.78, 5) is 13.2. The van der Waals surface area contributed by atoms with Gasteiger partial charge < -0.3 is 20.9 Å². The Morgan fingerprint density at radius 2 is 1.83 bits per heavy atom. The first kappa shape index (κ1) is 15.6. The Morgan fingerprint density at radius 1 is 1.09 bits per heavy atom. The van der Waals surface area contributed by atoms with Gasteiger partial charge >= 0.3 is 0 Å². The maximum atomic E-state index is 6.29. The molecule has 0 unspecified atom stereocenters. The Balaban J connectivity index is 1.63. The molecular weight excluding hydrogens is 288 g/mol. The summed E-state index contributed by atoms with van der Waals surface area (Å²) in [5.41, 5.74) is 8.23. The maximum Gasteiger partial charge on any atom is 0.157 e. The standard InChI is InChI=1S/C17H24N6/c1-22-9-11-23(12-10-22)17-15(18)16(20-13-21-17)19-8-7-14-5-3-2-4-6-14/h2-6,13H,7-12,18H2,1H3,(H,19,20,21). The van der Waals surface area contributed by atoms with Crippen LogP contribution in [0.2, 0.25) is 0 Å². The summed E-state index contributed by atoms with van der Waals surface area (Å²) in [5, 5.41) is 3.34. The van der Waals surface area contributed by atoms with E-state index in [1.54, 1.807) is 6.33 Å². The van der Waals surface area contributed by atoms with Gasteiger partial charge in [-0.3, -0.25) is 0 Å². The van der Waals surface area contributed by atoms with E-state index < -0.39 is 0 Å². The van der Waals surface area contributed by atoms with E-state index in [2.05, 4.69) is 56.4 Å². The largest absolute Gasteiger partial charge is 0.393 e. The lowest BCUT2D eigenvalue weighted by atomic mass is 10.1. The summed E-state index contributed by atoms with van der Waals surface area (Å²) >= 11 is 0. The number of nitrogen functional groups attached to an aromatic ring is 1. The Kier molecular flexibility index (Phi) is 4.92. The second-order valence-corrected chi connectivity index (χ2v) is 5.91. The number of hydrogen-bond acceptors (Lipinski definition) is 6. The van der Waals surface area contributed by atoms with Crippen molar-refractivity contribution in [1.82, 2.24) is 14.9 Å². The predicted molar refractivity (Wildman–Crippen MR) is 94.8 cm³/mol. The monoisotopic (exact) mass is 312 g/mol. The normalized spacial score (nSPS) is 15.6. The number of anilines is 3. The van der Waals surface area contributed by atoms with Gasteiger partial charge in [-0.25, -0.2) is 9.97 Å². The minimum Gasteiger partial charge on any atom is -0.393 e. The van der Waals surface area contributed by atoms with Crippen molar-refractivity contribution in [2.45, 2.75) is 6.42 Å². The van der Waals surface area contributed by atoms with Crippen molar-refractivity contribution >= 4 is 17.3 Å². The van der Waals surface area contributed by atoms with Gasteiger partial charge in [-0.05, 0) is 19.0 Å². The summed E-state index contributed by atoms with van der Waals surface area (Å²) in [6.45, 7) is 4.75. The topological polar surface area (TPSA) is 70.3 Å². The molecule has 1 fully saturated rings. The first-order valence-electron chi connectivity index (χ1n) is 8.06. The third-order valence-corrected chi connectivity index (χ3v) is 4.21. The van der Waals surface area contributed by atoms with Crippen LogP contribution in [0.4, 0.5) is 17.3 Å². The van der Waals surface area contributed by atoms with Crippen LogP contribution in [0.25, 0.3) is 0 Å². The number of likely N-dealkylation sites (N-methyl/N-ethyl adjacent to an activating group) is 1. The quantitative estimate of drug-likeness (QED) is 0.871. The van der Waals surface area contributed by atoms with Crippen molar-refractivity contribution in [1.29, 1.82) is 0 Å². The molecule has 2 aromatic rings. The fourth-order valence-corrected chi connectivity index (χ4v) is 2.77. The molecule has 2 heterocycles. The van der Waals surface area contributed by atoms with Crippen molar-refractivity contribution in [2.24, 2.45) is 0 Å². The molecule has 6 heteroatoms. The van der Waals surface area contributed by atoms with Gasteiger partial charge in [0.15, 0.2) is 11.6 Å². The van der Waals surface area contributed by atoms with Gasteiger partial charge in [0.2, 0.25) is 0 Å². The maximum absolute atomic E-state index is 6.29. The molecule has 3 N–H and O–H groups in total. The summed E-state index contributed by atoms with van der Waals surface area (Å²) in [6.07, 6.45) is 2.53. The molecule has 0 amide bonds. The van der Waals surface area contributed by atoms with Crippen LogP contribution >= 0.6 is 0 Å². The van der Waals surface area contributed by atoms with Crippen LogP contribution in [0.3, 0.4) is 0 Å². The van der Waals surface area contributed by atoms with Gasteiger partial charge in [-0.2, -0.15) is 0 Å². The molecule has 0 radical (unpaired) electrons. The number of nitrogens with one attached hydrogen (secondary N) is 1. The molecule has 122 valence electrons. The molecule has 0 spiro atoms.